The van der Waals surface area contributed by atoms with Crippen molar-refractivity contribution in [2.75, 3.05) is 0 Å². The highest BCUT2D eigenvalue weighted by atomic mass is 79.9. The van der Waals surface area contributed by atoms with Gasteiger partial charge in [-0.05, 0) is 27.6 Å². The van der Waals surface area contributed by atoms with Crippen molar-refractivity contribution in [3.8, 4) is 6.07 Å². The molecule has 5 heteroatoms. The summed E-state index contributed by atoms with van der Waals surface area (Å²) >= 11 is 3.14. The van der Waals surface area contributed by atoms with Crippen LogP contribution in [0.2, 0.25) is 0 Å². The number of halogens is 1. The van der Waals surface area contributed by atoms with Crippen LogP contribution in [0.4, 0.5) is 0 Å². The van der Waals surface area contributed by atoms with Crippen molar-refractivity contribution < 1.29 is 9.90 Å². The first-order valence-electron chi connectivity index (χ1n) is 3.75. The van der Waals surface area contributed by atoms with Crippen molar-refractivity contribution in [3.63, 3.8) is 0 Å². The standard InChI is InChI=1S/C9H7BrN2O2/c10-7-5(4-11)2-1-3-6(7)8(12)9(13)14/h1-3,8H,12H2,(H,13,14)/t8-/m0/s1. The van der Waals surface area contributed by atoms with Crippen LogP contribution in [0.25, 0.3) is 0 Å². The highest BCUT2D eigenvalue weighted by molar-refractivity contribution is 9.10. The van der Waals surface area contributed by atoms with E-state index < -0.39 is 12.0 Å². The molecular weight excluding hydrogens is 248 g/mol. The smallest absolute Gasteiger partial charge is 0.325 e. The van der Waals surface area contributed by atoms with Crippen LogP contribution >= 0.6 is 15.9 Å². The number of hydrogen-bond donors (Lipinski definition) is 2. The quantitative estimate of drug-likeness (QED) is 0.836. The molecule has 0 unspecified atom stereocenters. The Morgan fingerprint density at radius 1 is 1.64 bits per heavy atom. The third-order valence-corrected chi connectivity index (χ3v) is 2.64. The van der Waals surface area contributed by atoms with Gasteiger partial charge < -0.3 is 10.8 Å². The molecule has 0 aliphatic heterocycles. The van der Waals surface area contributed by atoms with Gasteiger partial charge in [-0.15, -0.1) is 0 Å². The van der Waals surface area contributed by atoms with Crippen molar-refractivity contribution in [2.24, 2.45) is 5.73 Å². The number of aliphatic carboxylic acids is 1. The fraction of sp³-hybridized carbons (Fsp3) is 0.111. The number of carbonyl (C=O) groups is 1. The summed E-state index contributed by atoms with van der Waals surface area (Å²) in [5, 5.41) is 17.4. The lowest BCUT2D eigenvalue weighted by Gasteiger charge is -2.09. The number of rotatable bonds is 2. The van der Waals surface area contributed by atoms with Gasteiger partial charge in [0.25, 0.3) is 0 Å². The number of carboxylic acid groups (broad SMARTS) is 1. The van der Waals surface area contributed by atoms with Crippen LogP contribution in [0.1, 0.15) is 17.2 Å². The second kappa shape index (κ2) is 4.22. The molecular formula is C9H7BrN2O2. The molecule has 0 fully saturated rings. The van der Waals surface area contributed by atoms with E-state index in [4.69, 9.17) is 16.1 Å². The van der Waals surface area contributed by atoms with Gasteiger partial charge in [0.2, 0.25) is 0 Å². The van der Waals surface area contributed by atoms with Crippen molar-refractivity contribution in [2.45, 2.75) is 6.04 Å². The highest BCUT2D eigenvalue weighted by Crippen LogP contribution is 2.25. The molecule has 1 rings (SSSR count). The first-order valence-corrected chi connectivity index (χ1v) is 4.54. The predicted molar refractivity (Wildman–Crippen MR) is 53.4 cm³/mol. The van der Waals surface area contributed by atoms with E-state index in [2.05, 4.69) is 15.9 Å². The second-order valence-corrected chi connectivity index (χ2v) is 3.43. The van der Waals surface area contributed by atoms with E-state index in [-0.39, 0.29) is 0 Å². The fourth-order valence-corrected chi connectivity index (χ4v) is 1.61. The van der Waals surface area contributed by atoms with Crippen molar-refractivity contribution in [1.29, 1.82) is 5.26 Å². The average molecular weight is 255 g/mol. The van der Waals surface area contributed by atoms with Gasteiger partial charge in [0, 0.05) is 4.47 Å². The van der Waals surface area contributed by atoms with Gasteiger partial charge >= 0.3 is 5.97 Å². The molecule has 72 valence electrons. The molecule has 1 aromatic carbocycles. The lowest BCUT2D eigenvalue weighted by Crippen LogP contribution is -2.21. The topological polar surface area (TPSA) is 87.1 Å². The fourth-order valence-electron chi connectivity index (χ4n) is 1.01. The highest BCUT2D eigenvalue weighted by Gasteiger charge is 2.18. The summed E-state index contributed by atoms with van der Waals surface area (Å²) in [5.74, 6) is -1.12. The number of carboxylic acids is 1. The van der Waals surface area contributed by atoms with Gasteiger partial charge in [0.1, 0.15) is 12.1 Å². The Morgan fingerprint density at radius 3 is 2.79 bits per heavy atom. The molecule has 0 aliphatic carbocycles. The second-order valence-electron chi connectivity index (χ2n) is 2.64. The van der Waals surface area contributed by atoms with Crippen LogP contribution in [0.15, 0.2) is 22.7 Å². The summed E-state index contributed by atoms with van der Waals surface area (Å²) in [6.45, 7) is 0. The van der Waals surface area contributed by atoms with Gasteiger partial charge in [-0.1, -0.05) is 12.1 Å². The minimum Gasteiger partial charge on any atom is -0.480 e. The van der Waals surface area contributed by atoms with Crippen LogP contribution in [-0.2, 0) is 4.79 Å². The number of nitriles is 1. The zero-order valence-corrected chi connectivity index (χ0v) is 8.65. The van der Waals surface area contributed by atoms with Gasteiger partial charge in [0.15, 0.2) is 0 Å². The molecule has 0 bridgehead atoms. The molecule has 0 saturated heterocycles. The Kier molecular flexibility index (Phi) is 3.23. The summed E-state index contributed by atoms with van der Waals surface area (Å²) < 4.78 is 0.442. The maximum absolute atomic E-state index is 10.6. The Hall–Kier alpha value is -1.38. The Balaban J connectivity index is 3.24. The zero-order valence-electron chi connectivity index (χ0n) is 7.07. The monoisotopic (exact) mass is 254 g/mol. The largest absolute Gasteiger partial charge is 0.480 e. The molecule has 0 amide bonds. The van der Waals surface area contributed by atoms with E-state index in [9.17, 15) is 4.79 Å². The third kappa shape index (κ3) is 1.92. The summed E-state index contributed by atoms with van der Waals surface area (Å²) in [6, 6.07) is 5.58. The van der Waals surface area contributed by atoms with Crippen molar-refractivity contribution >= 4 is 21.9 Å². The first kappa shape index (κ1) is 10.7. The van der Waals surface area contributed by atoms with Gasteiger partial charge in [-0.2, -0.15) is 5.26 Å². The minimum atomic E-state index is -1.12. The number of nitrogens with two attached hydrogens (primary N) is 1. The number of nitrogens with zero attached hydrogens (tertiary/aromatic N) is 1. The minimum absolute atomic E-state index is 0.374. The van der Waals surface area contributed by atoms with Gasteiger partial charge in [-0.25, -0.2) is 0 Å². The first-order chi connectivity index (χ1) is 6.57. The number of hydrogen-bond acceptors (Lipinski definition) is 3. The van der Waals surface area contributed by atoms with E-state index in [0.29, 0.717) is 15.6 Å². The maximum Gasteiger partial charge on any atom is 0.325 e. The van der Waals surface area contributed by atoms with Crippen molar-refractivity contribution in [1.82, 2.24) is 0 Å². The summed E-state index contributed by atoms with van der Waals surface area (Å²) in [7, 11) is 0. The molecule has 0 spiro atoms. The molecule has 0 aliphatic rings. The molecule has 4 nitrogen and oxygen atoms in total. The number of benzene rings is 1. The van der Waals surface area contributed by atoms with E-state index in [1.165, 1.54) is 0 Å². The Morgan fingerprint density at radius 2 is 2.29 bits per heavy atom. The molecule has 0 radical (unpaired) electrons. The third-order valence-electron chi connectivity index (χ3n) is 1.75. The lowest BCUT2D eigenvalue weighted by atomic mass is 10.1. The van der Waals surface area contributed by atoms with E-state index in [0.717, 1.165) is 0 Å². The molecule has 3 N–H and O–H groups in total. The summed E-state index contributed by atoms with van der Waals surface area (Å²) in [4.78, 5) is 10.6. The van der Waals surface area contributed by atoms with E-state index in [1.54, 1.807) is 18.2 Å². The summed E-state index contributed by atoms with van der Waals surface area (Å²) in [6.07, 6.45) is 0. The molecule has 1 aromatic rings. The summed E-state index contributed by atoms with van der Waals surface area (Å²) in [5.41, 5.74) is 6.20. The van der Waals surface area contributed by atoms with Crippen LogP contribution in [0.3, 0.4) is 0 Å². The van der Waals surface area contributed by atoms with Crippen molar-refractivity contribution in [3.05, 3.63) is 33.8 Å². The lowest BCUT2D eigenvalue weighted by molar-refractivity contribution is -0.138. The van der Waals surface area contributed by atoms with Crippen LogP contribution in [0, 0.1) is 11.3 Å². The molecule has 0 aromatic heterocycles. The zero-order chi connectivity index (χ0) is 10.7. The molecule has 0 saturated carbocycles. The average Bonchev–Trinajstić information content (AvgIpc) is 2.17. The predicted octanol–water partition coefficient (Wildman–Crippen LogP) is 1.41. The Labute approximate surface area is 89.1 Å². The van der Waals surface area contributed by atoms with Crippen LogP contribution in [-0.4, -0.2) is 11.1 Å². The molecule has 0 heterocycles. The SMILES string of the molecule is N#Cc1cccc([C@H](N)C(=O)O)c1Br. The van der Waals surface area contributed by atoms with Gasteiger partial charge in [0.05, 0.1) is 5.56 Å². The van der Waals surface area contributed by atoms with Gasteiger partial charge in [-0.3, -0.25) is 4.79 Å². The van der Waals surface area contributed by atoms with Crippen LogP contribution in [0.5, 0.6) is 0 Å². The Bertz CT molecular complexity index is 412. The maximum atomic E-state index is 10.6. The normalized spacial score (nSPS) is 11.8. The van der Waals surface area contributed by atoms with E-state index in [1.807, 2.05) is 6.07 Å². The molecule has 14 heavy (non-hydrogen) atoms. The van der Waals surface area contributed by atoms with E-state index >= 15 is 0 Å². The molecule has 1 atom stereocenters. The van der Waals surface area contributed by atoms with Crippen LogP contribution < -0.4 is 5.73 Å².